The first kappa shape index (κ1) is 21.0. The van der Waals surface area contributed by atoms with Crippen LogP contribution in [-0.2, 0) is 24.2 Å². The topological polar surface area (TPSA) is 47.6 Å². The first-order valence-electron chi connectivity index (χ1n) is 9.66. The van der Waals surface area contributed by atoms with Crippen LogP contribution in [0.1, 0.15) is 54.7 Å². The molecule has 2 aromatic rings. The Hall–Kier alpha value is -2.33. The van der Waals surface area contributed by atoms with Gasteiger partial charge in [0.1, 0.15) is 5.75 Å². The molecule has 0 saturated heterocycles. The van der Waals surface area contributed by atoms with E-state index in [4.69, 9.17) is 9.47 Å². The van der Waals surface area contributed by atoms with Gasteiger partial charge in [-0.1, -0.05) is 45.9 Å². The number of methoxy groups -OCH3 is 1. The third-order valence-electron chi connectivity index (χ3n) is 4.49. The van der Waals surface area contributed by atoms with Gasteiger partial charge in [0.25, 0.3) is 5.91 Å². The Morgan fingerprint density at radius 2 is 1.70 bits per heavy atom. The third-order valence-corrected chi connectivity index (χ3v) is 4.49. The maximum atomic E-state index is 12.9. The molecule has 4 heteroatoms. The van der Waals surface area contributed by atoms with Crippen molar-refractivity contribution >= 4 is 11.6 Å². The summed E-state index contributed by atoms with van der Waals surface area (Å²) in [7, 11) is 1.63. The van der Waals surface area contributed by atoms with Crippen LogP contribution < -0.4 is 10.1 Å². The summed E-state index contributed by atoms with van der Waals surface area (Å²) in [6.07, 6.45) is 1.75. The van der Waals surface area contributed by atoms with E-state index in [9.17, 15) is 4.79 Å². The highest BCUT2D eigenvalue weighted by Crippen LogP contribution is 2.25. The summed E-state index contributed by atoms with van der Waals surface area (Å²) in [5, 5.41) is 3.12. The number of carbonyl (C=O) groups excluding carboxylic acids is 1. The van der Waals surface area contributed by atoms with Gasteiger partial charge in [-0.15, -0.1) is 0 Å². The van der Waals surface area contributed by atoms with Crippen LogP contribution in [0.3, 0.4) is 0 Å². The number of para-hydroxylation sites is 1. The van der Waals surface area contributed by atoms with Gasteiger partial charge in [-0.3, -0.25) is 4.79 Å². The number of aryl methyl sites for hydroxylation is 2. The van der Waals surface area contributed by atoms with E-state index in [-0.39, 0.29) is 5.91 Å². The lowest BCUT2D eigenvalue weighted by Crippen LogP contribution is -2.15. The molecule has 0 aliphatic heterocycles. The van der Waals surface area contributed by atoms with Crippen LogP contribution in [0.4, 0.5) is 5.69 Å². The molecule has 0 aliphatic carbocycles. The Labute approximate surface area is 162 Å². The molecule has 1 N–H and O–H groups in total. The number of amides is 1. The lowest BCUT2D eigenvalue weighted by molar-refractivity contribution is 0.0952. The molecule has 0 radical (unpaired) electrons. The Morgan fingerprint density at radius 1 is 1.04 bits per heavy atom. The molecular formula is C23H31NO3. The largest absolute Gasteiger partial charge is 0.496 e. The first-order valence-corrected chi connectivity index (χ1v) is 9.66. The predicted octanol–water partition coefficient (Wildman–Crippen LogP) is 5.24. The summed E-state index contributed by atoms with van der Waals surface area (Å²) in [5.74, 6) is 1.08. The standard InChI is InChI=1S/C23H31NO3/c1-6-17-9-8-10-18(7-2)22(17)24-23(25)19-11-12-21(26-5)20(13-19)15-27-14-16(3)4/h8-13,16H,6-7,14-15H2,1-5H3,(H,24,25). The van der Waals surface area contributed by atoms with Gasteiger partial charge in [0.2, 0.25) is 0 Å². The highest BCUT2D eigenvalue weighted by Gasteiger charge is 2.14. The van der Waals surface area contributed by atoms with Crippen molar-refractivity contribution in [2.75, 3.05) is 19.0 Å². The van der Waals surface area contributed by atoms with Gasteiger partial charge in [0.05, 0.1) is 13.7 Å². The number of nitrogens with one attached hydrogen (secondary N) is 1. The average Bonchev–Trinajstić information content (AvgIpc) is 2.67. The van der Waals surface area contributed by atoms with Crippen LogP contribution in [0.25, 0.3) is 0 Å². The molecule has 0 bridgehead atoms. The molecule has 0 atom stereocenters. The molecule has 27 heavy (non-hydrogen) atoms. The number of benzene rings is 2. The molecule has 146 valence electrons. The van der Waals surface area contributed by atoms with Crippen molar-refractivity contribution in [1.29, 1.82) is 0 Å². The molecule has 0 fully saturated rings. The molecule has 0 unspecified atom stereocenters. The molecule has 4 nitrogen and oxygen atoms in total. The van der Waals surface area contributed by atoms with Gasteiger partial charge in [-0.2, -0.15) is 0 Å². The Bertz CT molecular complexity index is 746. The Morgan fingerprint density at radius 3 is 2.26 bits per heavy atom. The maximum Gasteiger partial charge on any atom is 0.255 e. The zero-order chi connectivity index (χ0) is 19.8. The van der Waals surface area contributed by atoms with Crippen LogP contribution >= 0.6 is 0 Å². The highest BCUT2D eigenvalue weighted by atomic mass is 16.5. The van der Waals surface area contributed by atoms with Gasteiger partial charge in [0, 0.05) is 23.4 Å². The lowest BCUT2D eigenvalue weighted by Gasteiger charge is -2.16. The normalized spacial score (nSPS) is 10.9. The van der Waals surface area contributed by atoms with E-state index >= 15 is 0 Å². The summed E-state index contributed by atoms with van der Waals surface area (Å²) in [4.78, 5) is 12.9. The van der Waals surface area contributed by atoms with Crippen LogP contribution in [0, 0.1) is 5.92 Å². The number of hydrogen-bond acceptors (Lipinski definition) is 3. The van der Waals surface area contributed by atoms with E-state index in [1.807, 2.05) is 18.2 Å². The SMILES string of the molecule is CCc1cccc(CC)c1NC(=O)c1ccc(OC)c(COCC(C)C)c1. The Balaban J connectivity index is 2.24. The molecule has 0 heterocycles. The van der Waals surface area contributed by atoms with Crippen molar-refractivity contribution in [3.05, 3.63) is 58.7 Å². The molecule has 0 aromatic heterocycles. The lowest BCUT2D eigenvalue weighted by atomic mass is 10.0. The van der Waals surface area contributed by atoms with Gasteiger partial charge < -0.3 is 14.8 Å². The average molecular weight is 370 g/mol. The summed E-state index contributed by atoms with van der Waals surface area (Å²) < 4.78 is 11.2. The van der Waals surface area contributed by atoms with Crippen molar-refractivity contribution in [3.8, 4) is 5.75 Å². The minimum Gasteiger partial charge on any atom is -0.496 e. The van der Waals surface area contributed by atoms with Crippen molar-refractivity contribution in [3.63, 3.8) is 0 Å². The minimum atomic E-state index is -0.113. The molecule has 1 amide bonds. The summed E-state index contributed by atoms with van der Waals surface area (Å²) in [6.45, 7) is 9.51. The van der Waals surface area contributed by atoms with Crippen molar-refractivity contribution in [2.45, 2.75) is 47.1 Å². The second-order valence-corrected chi connectivity index (χ2v) is 7.05. The predicted molar refractivity (Wildman–Crippen MR) is 111 cm³/mol. The van der Waals surface area contributed by atoms with E-state index in [1.165, 1.54) is 0 Å². The smallest absolute Gasteiger partial charge is 0.255 e. The monoisotopic (exact) mass is 369 g/mol. The fourth-order valence-corrected chi connectivity index (χ4v) is 3.03. The van der Waals surface area contributed by atoms with E-state index in [2.05, 4.69) is 45.1 Å². The molecule has 2 rings (SSSR count). The number of ether oxygens (including phenoxy) is 2. The summed E-state index contributed by atoms with van der Waals surface area (Å²) >= 11 is 0. The van der Waals surface area contributed by atoms with Gasteiger partial charge in [-0.25, -0.2) is 0 Å². The van der Waals surface area contributed by atoms with E-state index in [1.54, 1.807) is 13.2 Å². The highest BCUT2D eigenvalue weighted by molar-refractivity contribution is 6.05. The molecule has 0 spiro atoms. The first-order chi connectivity index (χ1) is 13.0. The second-order valence-electron chi connectivity index (χ2n) is 7.05. The molecule has 0 aliphatic rings. The van der Waals surface area contributed by atoms with Crippen LogP contribution in [0.2, 0.25) is 0 Å². The second kappa shape index (κ2) is 10.1. The molecule has 2 aromatic carbocycles. The van der Waals surface area contributed by atoms with Crippen LogP contribution in [0.5, 0.6) is 5.75 Å². The van der Waals surface area contributed by atoms with Crippen molar-refractivity contribution in [2.24, 2.45) is 5.92 Å². The quantitative estimate of drug-likeness (QED) is 0.657. The van der Waals surface area contributed by atoms with Crippen molar-refractivity contribution < 1.29 is 14.3 Å². The number of hydrogen-bond donors (Lipinski definition) is 1. The van der Waals surface area contributed by atoms with Crippen LogP contribution in [0.15, 0.2) is 36.4 Å². The zero-order valence-corrected chi connectivity index (χ0v) is 17.1. The number of anilines is 1. The summed E-state index contributed by atoms with van der Waals surface area (Å²) in [6, 6.07) is 11.7. The third kappa shape index (κ3) is 5.57. The molecule has 0 saturated carbocycles. The Kier molecular flexibility index (Phi) is 7.86. The van der Waals surface area contributed by atoms with E-state index < -0.39 is 0 Å². The van der Waals surface area contributed by atoms with Crippen LogP contribution in [-0.4, -0.2) is 19.6 Å². The fourth-order valence-electron chi connectivity index (χ4n) is 3.03. The van der Waals surface area contributed by atoms with E-state index in [0.29, 0.717) is 24.7 Å². The number of rotatable bonds is 9. The van der Waals surface area contributed by atoms with Crippen molar-refractivity contribution in [1.82, 2.24) is 0 Å². The summed E-state index contributed by atoms with van der Waals surface area (Å²) in [5.41, 5.74) is 4.71. The zero-order valence-electron chi connectivity index (χ0n) is 17.1. The maximum absolute atomic E-state index is 12.9. The fraction of sp³-hybridized carbons (Fsp3) is 0.435. The molecular weight excluding hydrogens is 338 g/mol. The van der Waals surface area contributed by atoms with Gasteiger partial charge in [-0.05, 0) is 48.1 Å². The number of carbonyl (C=O) groups is 1. The van der Waals surface area contributed by atoms with Gasteiger partial charge >= 0.3 is 0 Å². The van der Waals surface area contributed by atoms with Gasteiger partial charge in [0.15, 0.2) is 0 Å². The minimum absolute atomic E-state index is 0.113. The van der Waals surface area contributed by atoms with E-state index in [0.717, 1.165) is 41.0 Å².